The molecule has 0 spiro atoms. The highest BCUT2D eigenvalue weighted by atomic mass is 16.2. The quantitative estimate of drug-likeness (QED) is 0.552. The summed E-state index contributed by atoms with van der Waals surface area (Å²) in [6, 6.07) is 0. The Morgan fingerprint density at radius 3 is 3.24 bits per heavy atom. The molecule has 1 N–H and O–H groups in total. The van der Waals surface area contributed by atoms with Crippen molar-refractivity contribution in [1.82, 2.24) is 4.90 Å². The molecular formula is C13H14N2O2. The fourth-order valence-corrected chi connectivity index (χ4v) is 2.90. The van der Waals surface area contributed by atoms with Crippen molar-refractivity contribution in [2.45, 2.75) is 19.3 Å². The van der Waals surface area contributed by atoms with Gasteiger partial charge in [-0.25, -0.2) is 0 Å². The van der Waals surface area contributed by atoms with Gasteiger partial charge >= 0.3 is 0 Å². The first kappa shape index (κ1) is 10.3. The van der Waals surface area contributed by atoms with E-state index in [0.717, 1.165) is 49.1 Å². The van der Waals surface area contributed by atoms with E-state index in [0.29, 0.717) is 5.92 Å². The Bertz CT molecular complexity index is 486. The van der Waals surface area contributed by atoms with Gasteiger partial charge in [-0.3, -0.25) is 9.79 Å². The van der Waals surface area contributed by atoms with Crippen LogP contribution in [0.3, 0.4) is 0 Å². The van der Waals surface area contributed by atoms with Gasteiger partial charge in [-0.2, -0.15) is 0 Å². The van der Waals surface area contributed by atoms with Crippen molar-refractivity contribution in [1.29, 1.82) is 0 Å². The molecule has 4 nitrogen and oxygen atoms in total. The van der Waals surface area contributed by atoms with Crippen molar-refractivity contribution in [2.24, 2.45) is 10.9 Å². The molecule has 0 saturated carbocycles. The molecular weight excluding hydrogens is 216 g/mol. The van der Waals surface area contributed by atoms with Gasteiger partial charge in [0.05, 0.1) is 6.26 Å². The molecule has 1 amide bonds. The van der Waals surface area contributed by atoms with Crippen LogP contribution in [-0.4, -0.2) is 28.2 Å². The minimum Gasteiger partial charge on any atom is -0.515 e. The van der Waals surface area contributed by atoms with Gasteiger partial charge in [-0.15, -0.1) is 0 Å². The summed E-state index contributed by atoms with van der Waals surface area (Å²) >= 11 is 0. The van der Waals surface area contributed by atoms with Crippen molar-refractivity contribution in [3.05, 3.63) is 35.9 Å². The largest absolute Gasteiger partial charge is 0.515 e. The minimum absolute atomic E-state index is 0.140. The summed E-state index contributed by atoms with van der Waals surface area (Å²) < 4.78 is 0. The Morgan fingerprint density at radius 2 is 2.41 bits per heavy atom. The van der Waals surface area contributed by atoms with E-state index >= 15 is 0 Å². The first-order chi connectivity index (χ1) is 8.31. The van der Waals surface area contributed by atoms with E-state index in [1.54, 1.807) is 4.90 Å². The van der Waals surface area contributed by atoms with Crippen LogP contribution in [0.5, 0.6) is 0 Å². The fourth-order valence-electron chi connectivity index (χ4n) is 2.90. The molecule has 3 aliphatic rings. The lowest BCUT2D eigenvalue weighted by atomic mass is 9.86. The van der Waals surface area contributed by atoms with Gasteiger partial charge in [0.1, 0.15) is 0 Å². The second kappa shape index (κ2) is 3.87. The molecule has 0 bridgehead atoms. The molecule has 4 heteroatoms. The molecule has 2 aliphatic heterocycles. The van der Waals surface area contributed by atoms with Crippen LogP contribution in [0.25, 0.3) is 0 Å². The number of rotatable bonds is 1. The Hall–Kier alpha value is -1.84. The number of aliphatic hydroxyl groups excluding tert-OH is 1. The maximum atomic E-state index is 11.9. The Kier molecular flexibility index (Phi) is 2.35. The van der Waals surface area contributed by atoms with Gasteiger partial charge in [0.15, 0.2) is 0 Å². The van der Waals surface area contributed by atoms with Gasteiger partial charge in [0, 0.05) is 41.7 Å². The van der Waals surface area contributed by atoms with Crippen LogP contribution in [0.2, 0.25) is 0 Å². The van der Waals surface area contributed by atoms with Crippen LogP contribution in [0.4, 0.5) is 0 Å². The molecule has 0 aromatic rings. The number of nitrogens with zero attached hydrogens (tertiary/aromatic N) is 2. The zero-order chi connectivity index (χ0) is 11.8. The number of aliphatic hydroxyl groups is 1. The van der Waals surface area contributed by atoms with E-state index in [1.807, 2.05) is 12.3 Å². The molecule has 0 aromatic heterocycles. The Balaban J connectivity index is 2.01. The van der Waals surface area contributed by atoms with Crippen molar-refractivity contribution in [2.75, 3.05) is 6.54 Å². The molecule has 3 rings (SSSR count). The predicted octanol–water partition coefficient (Wildman–Crippen LogP) is 1.92. The summed E-state index contributed by atoms with van der Waals surface area (Å²) in [4.78, 5) is 18.0. The highest BCUT2D eigenvalue weighted by Crippen LogP contribution is 2.40. The fraction of sp³-hybridized carbons (Fsp3) is 0.385. The molecule has 1 saturated heterocycles. The molecule has 1 unspecified atom stereocenters. The molecule has 17 heavy (non-hydrogen) atoms. The first-order valence-electron chi connectivity index (χ1n) is 5.91. The third-order valence-corrected chi connectivity index (χ3v) is 3.65. The average Bonchev–Trinajstić information content (AvgIpc) is 2.94. The van der Waals surface area contributed by atoms with E-state index in [4.69, 9.17) is 5.11 Å². The lowest BCUT2D eigenvalue weighted by molar-refractivity contribution is -0.123. The van der Waals surface area contributed by atoms with E-state index in [1.165, 1.54) is 6.08 Å². The highest BCUT2D eigenvalue weighted by molar-refractivity contribution is 6.07. The number of fused-ring (bicyclic) bond motifs is 2. The van der Waals surface area contributed by atoms with Crippen LogP contribution in [0.15, 0.2) is 40.9 Å². The number of likely N-dealkylation sites (tertiary alicyclic amines) is 1. The predicted molar refractivity (Wildman–Crippen MR) is 64.4 cm³/mol. The second-order valence-electron chi connectivity index (χ2n) is 4.52. The van der Waals surface area contributed by atoms with Crippen molar-refractivity contribution in [3.8, 4) is 0 Å². The van der Waals surface area contributed by atoms with E-state index < -0.39 is 0 Å². The molecule has 0 aromatic carbocycles. The maximum Gasteiger partial charge on any atom is 0.253 e. The molecule has 2 heterocycles. The summed E-state index contributed by atoms with van der Waals surface area (Å²) in [5.74, 6) is 0.335. The SMILES string of the molecule is O=C(C=CO)N1CCC2CCC3=NC=CC3=C21. The topological polar surface area (TPSA) is 52.9 Å². The Morgan fingerprint density at radius 1 is 1.53 bits per heavy atom. The normalized spacial score (nSPS) is 26.5. The second-order valence-corrected chi connectivity index (χ2v) is 4.52. The molecule has 1 atom stereocenters. The summed E-state index contributed by atoms with van der Waals surface area (Å²) in [6.07, 6.45) is 8.92. The Labute approximate surface area is 99.6 Å². The molecule has 0 radical (unpaired) electrons. The van der Waals surface area contributed by atoms with E-state index in [-0.39, 0.29) is 5.91 Å². The van der Waals surface area contributed by atoms with Crippen molar-refractivity contribution >= 4 is 11.6 Å². The summed E-state index contributed by atoms with van der Waals surface area (Å²) in [7, 11) is 0. The van der Waals surface area contributed by atoms with Crippen LogP contribution in [0, 0.1) is 5.92 Å². The smallest absolute Gasteiger partial charge is 0.253 e. The van der Waals surface area contributed by atoms with Gasteiger partial charge < -0.3 is 10.0 Å². The van der Waals surface area contributed by atoms with E-state index in [9.17, 15) is 4.79 Å². The van der Waals surface area contributed by atoms with Gasteiger partial charge in [-0.1, -0.05) is 0 Å². The summed E-state index contributed by atoms with van der Waals surface area (Å²) in [5.41, 5.74) is 3.33. The number of amides is 1. The zero-order valence-electron chi connectivity index (χ0n) is 9.47. The number of hydrogen-bond donors (Lipinski definition) is 1. The maximum absolute atomic E-state index is 11.9. The standard InChI is InChI=1S/C13H14N2O2/c16-8-5-12(17)15-7-4-9-1-2-11-10(13(9)15)3-6-14-11/h3,5-6,8-9,16H,1-2,4,7H2. The summed E-state index contributed by atoms with van der Waals surface area (Å²) in [5, 5.41) is 8.70. The average molecular weight is 230 g/mol. The van der Waals surface area contributed by atoms with Gasteiger partial charge in [0.2, 0.25) is 0 Å². The lowest BCUT2D eigenvalue weighted by Crippen LogP contribution is -2.29. The number of aliphatic imine (C=N–C) groups is 1. The number of carbonyl (C=O) groups is 1. The van der Waals surface area contributed by atoms with E-state index in [2.05, 4.69) is 4.99 Å². The monoisotopic (exact) mass is 230 g/mol. The summed E-state index contributed by atoms with van der Waals surface area (Å²) in [6.45, 7) is 0.744. The number of allylic oxidation sites excluding steroid dienone is 3. The van der Waals surface area contributed by atoms with Gasteiger partial charge in [0.25, 0.3) is 5.91 Å². The number of hydrogen-bond acceptors (Lipinski definition) is 3. The number of carbonyl (C=O) groups excluding carboxylic acids is 1. The zero-order valence-corrected chi connectivity index (χ0v) is 9.47. The van der Waals surface area contributed by atoms with Crippen LogP contribution < -0.4 is 0 Å². The third kappa shape index (κ3) is 1.52. The van der Waals surface area contributed by atoms with Crippen LogP contribution >= 0.6 is 0 Å². The first-order valence-corrected chi connectivity index (χ1v) is 5.91. The highest BCUT2D eigenvalue weighted by Gasteiger charge is 2.37. The van der Waals surface area contributed by atoms with Crippen molar-refractivity contribution in [3.63, 3.8) is 0 Å². The molecule has 1 fully saturated rings. The van der Waals surface area contributed by atoms with Crippen molar-refractivity contribution < 1.29 is 9.90 Å². The molecule has 88 valence electrons. The lowest BCUT2D eigenvalue weighted by Gasteiger charge is -2.26. The molecule has 1 aliphatic carbocycles. The third-order valence-electron chi connectivity index (χ3n) is 3.65. The minimum atomic E-state index is -0.140. The van der Waals surface area contributed by atoms with Crippen LogP contribution in [-0.2, 0) is 4.79 Å². The van der Waals surface area contributed by atoms with Gasteiger partial charge in [-0.05, 0) is 25.3 Å². The van der Waals surface area contributed by atoms with Crippen LogP contribution in [0.1, 0.15) is 19.3 Å².